The van der Waals surface area contributed by atoms with E-state index in [0.29, 0.717) is 6.42 Å². The zero-order chi connectivity index (χ0) is 15.5. The fraction of sp³-hybridized carbons (Fsp3) is 0.357. The first-order valence-corrected chi connectivity index (χ1v) is 6.02. The fourth-order valence-electron chi connectivity index (χ4n) is 1.34. The molecule has 1 rings (SSSR count). The molecule has 0 bridgehead atoms. The first-order valence-electron chi connectivity index (χ1n) is 6.02. The lowest BCUT2D eigenvalue weighted by Gasteiger charge is -2.20. The van der Waals surface area contributed by atoms with E-state index < -0.39 is 28.9 Å². The minimum Gasteiger partial charge on any atom is -0.478 e. The molecule has 0 aliphatic carbocycles. The second kappa shape index (κ2) is 5.73. The van der Waals surface area contributed by atoms with Crippen molar-refractivity contribution in [2.45, 2.75) is 27.2 Å². The molecule has 0 fully saturated rings. The lowest BCUT2D eigenvalue weighted by Crippen LogP contribution is -2.28. The summed E-state index contributed by atoms with van der Waals surface area (Å²) in [5.41, 5.74) is -1.47. The van der Waals surface area contributed by atoms with Crippen molar-refractivity contribution in [2.75, 3.05) is 0 Å². The largest absolute Gasteiger partial charge is 0.478 e. The fourth-order valence-corrected chi connectivity index (χ4v) is 1.34. The maximum atomic E-state index is 11.9. The summed E-state index contributed by atoms with van der Waals surface area (Å²) in [5.74, 6) is -3.23. The van der Waals surface area contributed by atoms with E-state index in [0.717, 1.165) is 12.1 Å². The number of carbonyl (C=O) groups excluding carboxylic acids is 1. The molecule has 0 heterocycles. The maximum absolute atomic E-state index is 11.9. The van der Waals surface area contributed by atoms with E-state index in [9.17, 15) is 14.4 Å². The number of carboxylic acid groups (broad SMARTS) is 2. The second-order valence-electron chi connectivity index (χ2n) is 4.94. The Kier molecular flexibility index (Phi) is 4.49. The molecule has 0 aliphatic heterocycles. The third-order valence-corrected chi connectivity index (χ3v) is 3.10. The summed E-state index contributed by atoms with van der Waals surface area (Å²) in [4.78, 5) is 33.8. The number of ether oxygens (including phenoxy) is 1. The number of carbonyl (C=O) groups is 3. The minimum atomic E-state index is -1.39. The average Bonchev–Trinajstić information content (AvgIpc) is 2.38. The summed E-state index contributed by atoms with van der Waals surface area (Å²) in [6, 6.07) is 3.41. The molecule has 0 atom stereocenters. The Bertz CT molecular complexity index is 559. The zero-order valence-corrected chi connectivity index (χ0v) is 11.5. The molecule has 0 unspecified atom stereocenters. The van der Waals surface area contributed by atoms with Crippen LogP contribution in [0.1, 0.15) is 47.9 Å². The predicted octanol–water partition coefficient (Wildman–Crippen LogP) is 2.42. The summed E-state index contributed by atoms with van der Waals surface area (Å²) in [6.45, 7) is 5.25. The number of rotatable bonds is 5. The highest BCUT2D eigenvalue weighted by Crippen LogP contribution is 2.25. The summed E-state index contributed by atoms with van der Waals surface area (Å²) >= 11 is 0. The lowest BCUT2D eigenvalue weighted by atomic mass is 9.91. The van der Waals surface area contributed by atoms with E-state index in [2.05, 4.69) is 0 Å². The number of hydrogen-bond acceptors (Lipinski definition) is 4. The van der Waals surface area contributed by atoms with Gasteiger partial charge >= 0.3 is 17.9 Å². The molecule has 0 amide bonds. The van der Waals surface area contributed by atoms with E-state index >= 15 is 0 Å². The van der Waals surface area contributed by atoms with Crippen molar-refractivity contribution < 1.29 is 29.3 Å². The van der Waals surface area contributed by atoms with E-state index in [-0.39, 0.29) is 11.3 Å². The Morgan fingerprint density at radius 2 is 1.65 bits per heavy atom. The molecule has 0 spiro atoms. The molecule has 1 aromatic rings. The van der Waals surface area contributed by atoms with Gasteiger partial charge in [0.15, 0.2) is 0 Å². The van der Waals surface area contributed by atoms with Crippen molar-refractivity contribution in [1.82, 2.24) is 0 Å². The van der Waals surface area contributed by atoms with Gasteiger partial charge in [0.2, 0.25) is 0 Å². The van der Waals surface area contributed by atoms with Crippen LogP contribution in [0.2, 0.25) is 0 Å². The summed E-state index contributed by atoms with van der Waals surface area (Å²) in [7, 11) is 0. The van der Waals surface area contributed by atoms with E-state index in [1.165, 1.54) is 6.07 Å². The van der Waals surface area contributed by atoms with Gasteiger partial charge in [0.05, 0.1) is 16.5 Å². The molecule has 6 nitrogen and oxygen atoms in total. The van der Waals surface area contributed by atoms with Crippen LogP contribution in [0.4, 0.5) is 0 Å². The third kappa shape index (κ3) is 3.34. The molecule has 0 radical (unpaired) electrons. The summed E-state index contributed by atoms with van der Waals surface area (Å²) < 4.78 is 5.10. The van der Waals surface area contributed by atoms with Crippen LogP contribution in [0.5, 0.6) is 5.75 Å². The molecular formula is C14H16O6. The quantitative estimate of drug-likeness (QED) is 0.634. The minimum absolute atomic E-state index is 0.0129. The predicted molar refractivity (Wildman–Crippen MR) is 70.1 cm³/mol. The van der Waals surface area contributed by atoms with Crippen LogP contribution in [0, 0.1) is 5.41 Å². The van der Waals surface area contributed by atoms with Gasteiger partial charge in [0.25, 0.3) is 0 Å². The molecule has 0 aromatic heterocycles. The highest BCUT2D eigenvalue weighted by molar-refractivity contribution is 6.02. The molecule has 2 N–H and O–H groups in total. The molecule has 108 valence electrons. The number of esters is 1. The molecule has 0 aliphatic rings. The van der Waals surface area contributed by atoms with E-state index in [1.807, 2.05) is 6.92 Å². The summed E-state index contributed by atoms with van der Waals surface area (Å²) in [5, 5.41) is 17.9. The second-order valence-corrected chi connectivity index (χ2v) is 4.94. The topological polar surface area (TPSA) is 101 Å². The SMILES string of the molecule is CCC(C)(C)C(=O)Oc1ccc(C(=O)O)c(C(=O)O)c1. The Labute approximate surface area is 116 Å². The molecular weight excluding hydrogens is 264 g/mol. The normalized spacial score (nSPS) is 10.9. The van der Waals surface area contributed by atoms with Gasteiger partial charge in [-0.2, -0.15) is 0 Å². The molecule has 1 aromatic carbocycles. The Morgan fingerprint density at radius 3 is 2.10 bits per heavy atom. The smallest absolute Gasteiger partial charge is 0.336 e. The van der Waals surface area contributed by atoms with Crippen LogP contribution < -0.4 is 4.74 Å². The van der Waals surface area contributed by atoms with Crippen LogP contribution in [-0.2, 0) is 4.79 Å². The first kappa shape index (κ1) is 15.7. The van der Waals surface area contributed by atoms with E-state index in [4.69, 9.17) is 14.9 Å². The van der Waals surface area contributed by atoms with Gasteiger partial charge in [-0.1, -0.05) is 6.92 Å². The summed E-state index contributed by atoms with van der Waals surface area (Å²) in [6.07, 6.45) is 0.560. The van der Waals surface area contributed by atoms with Crippen molar-refractivity contribution >= 4 is 17.9 Å². The third-order valence-electron chi connectivity index (χ3n) is 3.10. The number of benzene rings is 1. The van der Waals surface area contributed by atoms with Gasteiger partial charge in [0.1, 0.15) is 5.75 Å². The highest BCUT2D eigenvalue weighted by Gasteiger charge is 2.28. The maximum Gasteiger partial charge on any atom is 0.336 e. The van der Waals surface area contributed by atoms with Crippen molar-refractivity contribution in [3.8, 4) is 5.75 Å². The lowest BCUT2D eigenvalue weighted by molar-refractivity contribution is -0.144. The van der Waals surface area contributed by atoms with Gasteiger partial charge in [-0.25, -0.2) is 9.59 Å². The molecule has 0 saturated heterocycles. The van der Waals surface area contributed by atoms with Crippen LogP contribution in [0.25, 0.3) is 0 Å². The van der Waals surface area contributed by atoms with E-state index in [1.54, 1.807) is 13.8 Å². The Hall–Kier alpha value is -2.37. The van der Waals surface area contributed by atoms with Crippen molar-refractivity contribution in [1.29, 1.82) is 0 Å². The number of hydrogen-bond donors (Lipinski definition) is 2. The van der Waals surface area contributed by atoms with Gasteiger partial charge in [-0.05, 0) is 38.5 Å². The Balaban J connectivity index is 3.11. The Morgan fingerprint density at radius 1 is 1.10 bits per heavy atom. The number of aromatic carboxylic acids is 2. The van der Waals surface area contributed by atoms with Gasteiger partial charge < -0.3 is 14.9 Å². The standard InChI is InChI=1S/C14H16O6/c1-4-14(2,3)13(19)20-8-5-6-9(11(15)16)10(7-8)12(17)18/h5-7H,4H2,1-3H3,(H,15,16)(H,17,18). The van der Waals surface area contributed by atoms with Crippen LogP contribution in [0.15, 0.2) is 18.2 Å². The molecule has 0 saturated carbocycles. The van der Waals surface area contributed by atoms with Crippen molar-refractivity contribution in [2.24, 2.45) is 5.41 Å². The first-order chi connectivity index (χ1) is 9.19. The van der Waals surface area contributed by atoms with Gasteiger partial charge in [-0.15, -0.1) is 0 Å². The van der Waals surface area contributed by atoms with Crippen LogP contribution >= 0.6 is 0 Å². The zero-order valence-electron chi connectivity index (χ0n) is 11.5. The van der Waals surface area contributed by atoms with Crippen molar-refractivity contribution in [3.05, 3.63) is 29.3 Å². The molecule has 20 heavy (non-hydrogen) atoms. The highest BCUT2D eigenvalue weighted by atomic mass is 16.5. The monoisotopic (exact) mass is 280 g/mol. The van der Waals surface area contributed by atoms with Gasteiger partial charge in [0, 0.05) is 0 Å². The van der Waals surface area contributed by atoms with Crippen molar-refractivity contribution in [3.63, 3.8) is 0 Å². The number of carboxylic acids is 2. The van der Waals surface area contributed by atoms with Gasteiger partial charge in [-0.3, -0.25) is 4.79 Å². The average molecular weight is 280 g/mol. The van der Waals surface area contributed by atoms with Crippen LogP contribution in [-0.4, -0.2) is 28.1 Å². The molecule has 6 heteroatoms. The van der Waals surface area contributed by atoms with Crippen LogP contribution in [0.3, 0.4) is 0 Å².